The Labute approximate surface area is 188 Å². The monoisotopic (exact) mass is 441 g/mol. The molecule has 0 radical (unpaired) electrons. The highest BCUT2D eigenvalue weighted by atomic mass is 16.5. The van der Waals surface area contributed by atoms with E-state index in [1.807, 2.05) is 35.2 Å². The third-order valence-electron chi connectivity index (χ3n) is 6.02. The summed E-state index contributed by atoms with van der Waals surface area (Å²) in [6, 6.07) is 9.63. The van der Waals surface area contributed by atoms with Gasteiger partial charge in [-0.25, -0.2) is 0 Å². The van der Waals surface area contributed by atoms with Crippen LogP contribution in [-0.2, 0) is 20.7 Å². The quantitative estimate of drug-likeness (QED) is 0.627. The van der Waals surface area contributed by atoms with Gasteiger partial charge in [-0.3, -0.25) is 14.5 Å². The van der Waals surface area contributed by atoms with Gasteiger partial charge < -0.3 is 19.5 Å². The van der Waals surface area contributed by atoms with Gasteiger partial charge in [-0.15, -0.1) is 0 Å². The second-order valence-electron chi connectivity index (χ2n) is 8.30. The van der Waals surface area contributed by atoms with Gasteiger partial charge in [0.1, 0.15) is 0 Å². The first kappa shape index (κ1) is 22.4. The number of piperidine rings is 1. The fourth-order valence-electron chi connectivity index (χ4n) is 4.15. The van der Waals surface area contributed by atoms with E-state index in [1.165, 1.54) is 0 Å². The lowest BCUT2D eigenvalue weighted by Gasteiger charge is -2.33. The van der Waals surface area contributed by atoms with Crippen molar-refractivity contribution in [1.29, 1.82) is 0 Å². The number of ether oxygens (including phenoxy) is 1. The Kier molecular flexibility index (Phi) is 7.84. The van der Waals surface area contributed by atoms with Crippen LogP contribution in [0.1, 0.15) is 25.2 Å². The zero-order valence-corrected chi connectivity index (χ0v) is 18.4. The number of likely N-dealkylation sites (tertiary alicyclic amines) is 1. The van der Waals surface area contributed by atoms with Crippen LogP contribution in [0, 0.1) is 5.92 Å². The topological polar surface area (TPSA) is 101 Å². The maximum atomic E-state index is 12.7. The minimum atomic E-state index is -0.168. The molecule has 0 aliphatic carbocycles. The zero-order chi connectivity index (χ0) is 22.2. The molecule has 2 amide bonds. The highest BCUT2D eigenvalue weighted by Gasteiger charge is 2.30. The third-order valence-corrected chi connectivity index (χ3v) is 6.02. The maximum absolute atomic E-state index is 12.7. The number of rotatable bonds is 9. The van der Waals surface area contributed by atoms with E-state index in [0.717, 1.165) is 44.8 Å². The van der Waals surface area contributed by atoms with Gasteiger partial charge in [-0.2, -0.15) is 4.98 Å². The van der Waals surface area contributed by atoms with Crippen molar-refractivity contribution in [2.24, 2.45) is 5.92 Å². The van der Waals surface area contributed by atoms with Crippen molar-refractivity contribution in [3.8, 4) is 11.4 Å². The standard InChI is InChI=1S/C23H31N5O4/c29-21-8-7-19(17-28(21)12-4-11-27-13-15-31-16-14-27)23(30)24-10-9-20-25-22(26-32-20)18-5-2-1-3-6-18/h1-3,5-6,19H,4,7-17H2,(H,24,30). The number of morpholine rings is 1. The highest BCUT2D eigenvalue weighted by molar-refractivity contribution is 5.83. The molecule has 2 aliphatic rings. The first-order chi connectivity index (χ1) is 15.7. The molecule has 2 fully saturated rings. The van der Waals surface area contributed by atoms with Crippen LogP contribution in [0.3, 0.4) is 0 Å². The minimum absolute atomic E-state index is 0.0153. The van der Waals surface area contributed by atoms with E-state index in [1.54, 1.807) is 0 Å². The average molecular weight is 442 g/mol. The molecule has 3 heterocycles. The smallest absolute Gasteiger partial charge is 0.228 e. The van der Waals surface area contributed by atoms with E-state index in [2.05, 4.69) is 20.4 Å². The second kappa shape index (κ2) is 11.2. The summed E-state index contributed by atoms with van der Waals surface area (Å²) < 4.78 is 10.7. The van der Waals surface area contributed by atoms with Gasteiger partial charge >= 0.3 is 0 Å². The molecule has 4 rings (SSSR count). The summed E-state index contributed by atoms with van der Waals surface area (Å²) in [7, 11) is 0. The lowest BCUT2D eigenvalue weighted by Crippen LogP contribution is -2.47. The number of carbonyl (C=O) groups is 2. The molecule has 9 nitrogen and oxygen atoms in total. The van der Waals surface area contributed by atoms with Crippen molar-refractivity contribution in [2.75, 3.05) is 52.5 Å². The van der Waals surface area contributed by atoms with E-state index in [-0.39, 0.29) is 17.7 Å². The Morgan fingerprint density at radius 1 is 1.16 bits per heavy atom. The Morgan fingerprint density at radius 2 is 1.97 bits per heavy atom. The predicted molar refractivity (Wildman–Crippen MR) is 118 cm³/mol. The van der Waals surface area contributed by atoms with E-state index in [4.69, 9.17) is 9.26 Å². The molecule has 1 aromatic carbocycles. The summed E-state index contributed by atoms with van der Waals surface area (Å²) in [6.45, 7) is 6.04. The fourth-order valence-corrected chi connectivity index (χ4v) is 4.15. The SMILES string of the molecule is O=C(NCCc1nc(-c2ccccc2)no1)C1CCC(=O)N(CCCN2CCOCC2)C1. The lowest BCUT2D eigenvalue weighted by molar-refractivity contribution is -0.138. The van der Waals surface area contributed by atoms with Crippen molar-refractivity contribution < 1.29 is 18.8 Å². The number of nitrogens with one attached hydrogen (secondary N) is 1. The van der Waals surface area contributed by atoms with Gasteiger partial charge in [0.15, 0.2) is 0 Å². The maximum Gasteiger partial charge on any atom is 0.228 e. The van der Waals surface area contributed by atoms with E-state index in [0.29, 0.717) is 50.6 Å². The van der Waals surface area contributed by atoms with E-state index >= 15 is 0 Å². The first-order valence-corrected chi connectivity index (χ1v) is 11.4. The number of hydrogen-bond acceptors (Lipinski definition) is 7. The van der Waals surface area contributed by atoms with Gasteiger partial charge in [-0.05, 0) is 12.8 Å². The molecule has 0 spiro atoms. The number of hydrogen-bond donors (Lipinski definition) is 1. The molecule has 1 aromatic heterocycles. The van der Waals surface area contributed by atoms with Crippen molar-refractivity contribution in [3.05, 3.63) is 36.2 Å². The summed E-state index contributed by atoms with van der Waals surface area (Å²) in [5.74, 6) is 1.01. The molecule has 1 N–H and O–H groups in total. The Bertz CT molecular complexity index is 882. The van der Waals surface area contributed by atoms with Crippen LogP contribution in [0.25, 0.3) is 11.4 Å². The van der Waals surface area contributed by atoms with Crippen molar-refractivity contribution in [3.63, 3.8) is 0 Å². The predicted octanol–water partition coefficient (Wildman–Crippen LogP) is 1.36. The Morgan fingerprint density at radius 3 is 2.78 bits per heavy atom. The molecule has 0 saturated carbocycles. The van der Waals surface area contributed by atoms with Crippen LogP contribution in [-0.4, -0.2) is 84.2 Å². The Hall–Kier alpha value is -2.78. The molecule has 2 aromatic rings. The molecule has 172 valence electrons. The van der Waals surface area contributed by atoms with Crippen LogP contribution in [0.5, 0.6) is 0 Å². The largest absolute Gasteiger partial charge is 0.379 e. The second-order valence-corrected chi connectivity index (χ2v) is 8.30. The van der Waals surface area contributed by atoms with Crippen LogP contribution in [0.4, 0.5) is 0 Å². The summed E-state index contributed by atoms with van der Waals surface area (Å²) in [5, 5.41) is 6.97. The van der Waals surface area contributed by atoms with E-state index < -0.39 is 0 Å². The third kappa shape index (κ3) is 6.14. The number of amides is 2. The molecular weight excluding hydrogens is 410 g/mol. The Balaban J connectivity index is 1.18. The van der Waals surface area contributed by atoms with Crippen molar-refractivity contribution in [1.82, 2.24) is 25.3 Å². The van der Waals surface area contributed by atoms with Gasteiger partial charge in [0.25, 0.3) is 0 Å². The van der Waals surface area contributed by atoms with Gasteiger partial charge in [-0.1, -0.05) is 35.5 Å². The van der Waals surface area contributed by atoms with E-state index in [9.17, 15) is 9.59 Å². The van der Waals surface area contributed by atoms with Crippen LogP contribution in [0.15, 0.2) is 34.9 Å². The molecule has 32 heavy (non-hydrogen) atoms. The molecule has 9 heteroatoms. The first-order valence-electron chi connectivity index (χ1n) is 11.4. The fraction of sp³-hybridized carbons (Fsp3) is 0.565. The van der Waals surface area contributed by atoms with Crippen LogP contribution in [0.2, 0.25) is 0 Å². The summed E-state index contributed by atoms with van der Waals surface area (Å²) in [4.78, 5) is 33.5. The summed E-state index contributed by atoms with van der Waals surface area (Å²) in [5.41, 5.74) is 0.895. The van der Waals surface area contributed by atoms with Crippen LogP contribution < -0.4 is 5.32 Å². The molecule has 1 unspecified atom stereocenters. The highest BCUT2D eigenvalue weighted by Crippen LogP contribution is 2.19. The number of benzene rings is 1. The van der Waals surface area contributed by atoms with Crippen molar-refractivity contribution in [2.45, 2.75) is 25.7 Å². The minimum Gasteiger partial charge on any atom is -0.379 e. The van der Waals surface area contributed by atoms with Gasteiger partial charge in [0.2, 0.25) is 23.5 Å². The average Bonchev–Trinajstić information content (AvgIpc) is 3.30. The molecule has 0 bridgehead atoms. The zero-order valence-electron chi connectivity index (χ0n) is 18.4. The normalized spacial score (nSPS) is 19.8. The molecule has 2 aliphatic heterocycles. The number of aromatic nitrogens is 2. The summed E-state index contributed by atoms with van der Waals surface area (Å²) in [6.07, 6.45) is 2.42. The van der Waals surface area contributed by atoms with Crippen molar-refractivity contribution >= 4 is 11.8 Å². The number of nitrogens with zero attached hydrogens (tertiary/aromatic N) is 4. The lowest BCUT2D eigenvalue weighted by atomic mass is 9.96. The summed E-state index contributed by atoms with van der Waals surface area (Å²) >= 11 is 0. The molecule has 1 atom stereocenters. The molecular formula is C23H31N5O4. The van der Waals surface area contributed by atoms with Gasteiger partial charge in [0.05, 0.1) is 19.1 Å². The van der Waals surface area contributed by atoms with Crippen LogP contribution >= 0.6 is 0 Å². The number of carbonyl (C=O) groups excluding carboxylic acids is 2. The molecule has 2 saturated heterocycles. The van der Waals surface area contributed by atoms with Gasteiger partial charge in [0, 0.05) is 57.7 Å².